The quantitative estimate of drug-likeness (QED) is 0.153. The van der Waals surface area contributed by atoms with E-state index in [-0.39, 0.29) is 21.7 Å². The molecule has 74 heavy (non-hydrogen) atoms. The Morgan fingerprint density at radius 3 is 1.16 bits per heavy atom. The summed E-state index contributed by atoms with van der Waals surface area (Å²) in [5.41, 5.74) is 20.2. The number of hydrogen-bond acceptors (Lipinski definition) is 2. The smallest absolute Gasteiger partial charge is 0.0468 e. The number of hydrogen-bond donors (Lipinski definition) is 0. The minimum Gasteiger partial charge on any atom is -0.310 e. The van der Waals surface area contributed by atoms with Crippen LogP contribution >= 0.6 is 0 Å². The van der Waals surface area contributed by atoms with Crippen molar-refractivity contribution < 1.29 is 0 Å². The molecular weight excluding hydrogens is 893 g/mol. The Morgan fingerprint density at radius 2 is 0.649 bits per heavy atom. The van der Waals surface area contributed by atoms with Gasteiger partial charge in [-0.3, -0.25) is 0 Å². The van der Waals surface area contributed by atoms with Crippen LogP contribution in [0.25, 0.3) is 65.3 Å². The van der Waals surface area contributed by atoms with Gasteiger partial charge in [-0.15, -0.1) is 0 Å². The summed E-state index contributed by atoms with van der Waals surface area (Å²) < 4.78 is 0. The number of rotatable bonds is 6. The summed E-state index contributed by atoms with van der Waals surface area (Å²) in [5, 5.41) is 10.0. The van der Waals surface area contributed by atoms with Crippen molar-refractivity contribution in [2.24, 2.45) is 0 Å². The van der Waals surface area contributed by atoms with Crippen molar-refractivity contribution in [3.05, 3.63) is 240 Å². The average molecular weight is 957 g/mol. The molecule has 0 saturated heterocycles. The van der Waals surface area contributed by atoms with Crippen LogP contribution in [0, 0.1) is 0 Å². The molecule has 11 aromatic carbocycles. The van der Waals surface area contributed by atoms with Gasteiger partial charge >= 0.3 is 0 Å². The van der Waals surface area contributed by atoms with Gasteiger partial charge < -0.3 is 9.80 Å². The predicted octanol–water partition coefficient (Wildman–Crippen LogP) is 20.4. The van der Waals surface area contributed by atoms with E-state index >= 15 is 0 Å². The average Bonchev–Trinajstić information content (AvgIpc) is 3.77. The van der Waals surface area contributed by atoms with Gasteiger partial charge in [-0.05, 0) is 182 Å². The Bertz CT molecular complexity index is 4050. The topological polar surface area (TPSA) is 6.48 Å². The first-order valence-corrected chi connectivity index (χ1v) is 26.6. The molecule has 0 N–H and O–H groups in total. The molecule has 2 heteroatoms. The number of anilines is 6. The highest BCUT2D eigenvalue weighted by Gasteiger charge is 2.37. The number of benzene rings is 11. The van der Waals surface area contributed by atoms with Crippen molar-refractivity contribution in [1.82, 2.24) is 0 Å². The molecule has 2 nitrogen and oxygen atoms in total. The Morgan fingerprint density at radius 1 is 0.284 bits per heavy atom. The summed E-state index contributed by atoms with van der Waals surface area (Å²) in [7, 11) is 0. The molecule has 0 heterocycles. The third-order valence-electron chi connectivity index (χ3n) is 16.9. The molecule has 362 valence electrons. The van der Waals surface area contributed by atoms with E-state index in [1.54, 1.807) is 0 Å². The van der Waals surface area contributed by atoms with Gasteiger partial charge in [0.15, 0.2) is 0 Å². The van der Waals surface area contributed by atoms with E-state index in [9.17, 15) is 0 Å². The lowest BCUT2D eigenvalue weighted by molar-refractivity contribution is 0.590. The fourth-order valence-corrected chi connectivity index (χ4v) is 12.8. The third kappa shape index (κ3) is 7.05. The molecule has 0 saturated carbocycles. The van der Waals surface area contributed by atoms with Crippen molar-refractivity contribution in [2.75, 3.05) is 9.80 Å². The second-order valence-corrected chi connectivity index (χ2v) is 24.2. The molecule has 0 unspecified atom stereocenters. The Labute approximate surface area is 437 Å². The third-order valence-corrected chi connectivity index (χ3v) is 16.9. The van der Waals surface area contributed by atoms with Gasteiger partial charge in [-0.1, -0.05) is 203 Å². The van der Waals surface area contributed by atoms with Gasteiger partial charge in [0.2, 0.25) is 0 Å². The summed E-state index contributed by atoms with van der Waals surface area (Å²) in [6.45, 7) is 23.2. The van der Waals surface area contributed by atoms with Gasteiger partial charge in [0.05, 0.1) is 0 Å². The first-order valence-electron chi connectivity index (χ1n) is 26.6. The van der Waals surface area contributed by atoms with E-state index in [2.05, 4.69) is 285 Å². The van der Waals surface area contributed by atoms with E-state index < -0.39 is 0 Å². The maximum Gasteiger partial charge on any atom is 0.0468 e. The van der Waals surface area contributed by atoms with Crippen LogP contribution < -0.4 is 9.80 Å². The van der Waals surface area contributed by atoms with Gasteiger partial charge in [0.1, 0.15) is 0 Å². The van der Waals surface area contributed by atoms with Crippen LogP contribution in [0.3, 0.4) is 0 Å². The van der Waals surface area contributed by atoms with Crippen LogP contribution in [0.5, 0.6) is 0 Å². The van der Waals surface area contributed by atoms with Crippen molar-refractivity contribution >= 4 is 77.2 Å². The zero-order chi connectivity index (χ0) is 51.1. The minimum absolute atomic E-state index is 0.0479. The van der Waals surface area contributed by atoms with Crippen LogP contribution in [0.1, 0.15) is 103 Å². The lowest BCUT2D eigenvalue weighted by Gasteiger charge is -2.29. The Balaban J connectivity index is 0.965. The molecule has 0 atom stereocenters. The summed E-state index contributed by atoms with van der Waals surface area (Å²) in [5.74, 6) is 0. The van der Waals surface area contributed by atoms with E-state index in [1.807, 2.05) is 0 Å². The molecular formula is C72H64N2. The molecule has 0 bridgehead atoms. The number of nitrogens with zero attached hydrogens (tertiary/aromatic N) is 2. The maximum absolute atomic E-state index is 2.47. The van der Waals surface area contributed by atoms with E-state index in [0.29, 0.717) is 0 Å². The van der Waals surface area contributed by atoms with Crippen LogP contribution in [0.2, 0.25) is 0 Å². The summed E-state index contributed by atoms with van der Waals surface area (Å²) in [6, 6.07) is 78.6. The molecule has 0 aromatic heterocycles. The van der Waals surface area contributed by atoms with E-state index in [0.717, 1.165) is 34.1 Å². The lowest BCUT2D eigenvalue weighted by Crippen LogP contribution is -2.17. The minimum atomic E-state index is -0.117. The van der Waals surface area contributed by atoms with Gasteiger partial charge in [0, 0.05) is 45.0 Å². The molecule has 0 radical (unpaired) electrons. The van der Waals surface area contributed by atoms with Crippen molar-refractivity contribution in [3.63, 3.8) is 0 Å². The number of fused-ring (bicyclic) bond motifs is 14. The first kappa shape index (κ1) is 45.9. The molecule has 0 amide bonds. The summed E-state index contributed by atoms with van der Waals surface area (Å²) >= 11 is 0. The fourth-order valence-electron chi connectivity index (χ4n) is 12.8. The molecule has 0 fully saturated rings. The van der Waals surface area contributed by atoms with Crippen molar-refractivity contribution in [1.29, 1.82) is 0 Å². The van der Waals surface area contributed by atoms with Gasteiger partial charge in [-0.25, -0.2) is 0 Å². The molecule has 11 aromatic rings. The summed E-state index contributed by atoms with van der Waals surface area (Å²) in [4.78, 5) is 4.92. The van der Waals surface area contributed by atoms with Crippen molar-refractivity contribution in [2.45, 2.75) is 90.9 Å². The molecule has 0 aliphatic heterocycles. The second kappa shape index (κ2) is 16.3. The SMILES string of the molecule is CC(C)(C)c1ccc(N(c2ccc3c(c2)C(C)(C)c2ccccc2-3)c2ccc3c(ccc4c5ccc(N(c6ccc(C(C)(C)C)cc6)c6ccc7c(c6)C(C)(C)c6ccccc6-7)cc5c5ccccc5c34)c2)cc1. The molecule has 13 rings (SSSR count). The van der Waals surface area contributed by atoms with Crippen LogP contribution in [-0.2, 0) is 21.7 Å². The van der Waals surface area contributed by atoms with Crippen molar-refractivity contribution in [3.8, 4) is 22.3 Å². The maximum atomic E-state index is 2.47. The molecule has 0 spiro atoms. The first-order chi connectivity index (χ1) is 35.5. The Kier molecular flexibility index (Phi) is 10.1. The Hall–Kier alpha value is -7.94. The van der Waals surface area contributed by atoms with Crippen LogP contribution in [-0.4, -0.2) is 0 Å². The zero-order valence-corrected chi connectivity index (χ0v) is 44.5. The highest BCUT2D eigenvalue weighted by atomic mass is 15.1. The largest absolute Gasteiger partial charge is 0.310 e. The lowest BCUT2D eigenvalue weighted by atomic mass is 9.82. The predicted molar refractivity (Wildman–Crippen MR) is 318 cm³/mol. The fraction of sp³-hybridized carbons (Fsp3) is 0.194. The van der Waals surface area contributed by atoms with E-state index in [1.165, 1.54) is 98.7 Å². The van der Waals surface area contributed by atoms with E-state index in [4.69, 9.17) is 0 Å². The molecule has 2 aliphatic rings. The zero-order valence-electron chi connectivity index (χ0n) is 44.5. The summed E-state index contributed by atoms with van der Waals surface area (Å²) in [6.07, 6.45) is 0. The highest BCUT2D eigenvalue weighted by molar-refractivity contribution is 6.32. The monoisotopic (exact) mass is 957 g/mol. The molecule has 2 aliphatic carbocycles. The van der Waals surface area contributed by atoms with Gasteiger partial charge in [0.25, 0.3) is 0 Å². The second-order valence-electron chi connectivity index (χ2n) is 24.2. The highest BCUT2D eigenvalue weighted by Crippen LogP contribution is 2.53. The standard InChI is InChI=1S/C72H64N2/c1-69(2,3)46-24-28-48(29-25-46)73(52-34-39-59-57-18-13-15-21-64(57)71(7,8)66(59)43-52)50-32-37-54-45(41-50)23-36-62-56-38-33-51(42-63(56)55-17-11-12-20-61(55)68(54)62)74(49-30-26-47(27-31-49)70(4,5)6)53-35-40-60-58-19-14-16-22-65(58)72(9,10)67(60)44-53/h11-44H,1-10H3. The van der Waals surface area contributed by atoms with Crippen LogP contribution in [0.15, 0.2) is 206 Å². The van der Waals surface area contributed by atoms with Gasteiger partial charge in [-0.2, -0.15) is 0 Å². The van der Waals surface area contributed by atoms with Crippen LogP contribution in [0.4, 0.5) is 34.1 Å². The normalized spacial score (nSPS) is 14.3.